The summed E-state index contributed by atoms with van der Waals surface area (Å²) in [6.45, 7) is 0.619. The van der Waals surface area contributed by atoms with E-state index in [0.717, 1.165) is 0 Å². The number of benzene rings is 1. The Balaban J connectivity index is 1.56. The highest BCUT2D eigenvalue weighted by Crippen LogP contribution is 2.14. The predicted octanol–water partition coefficient (Wildman–Crippen LogP) is -0.336. The molecule has 5 N–H and O–H groups in total. The van der Waals surface area contributed by atoms with Gasteiger partial charge in [0.15, 0.2) is 0 Å². The third-order valence-corrected chi connectivity index (χ3v) is 6.49. The maximum absolute atomic E-state index is 12.8. The average molecular weight is 477 g/mol. The summed E-state index contributed by atoms with van der Waals surface area (Å²) in [5.41, 5.74) is 11.0. The van der Waals surface area contributed by atoms with Crippen LogP contribution in [0.25, 0.3) is 0 Å². The summed E-state index contributed by atoms with van der Waals surface area (Å²) in [4.78, 5) is 32.3. The molecule has 0 spiro atoms. The number of nitrogens with two attached hydrogens (primary N) is 2. The molecule has 0 unspecified atom stereocenters. The highest BCUT2D eigenvalue weighted by Gasteiger charge is 2.24. The maximum Gasteiger partial charge on any atom is 0.255 e. The molecule has 0 saturated carbocycles. The predicted molar refractivity (Wildman–Crippen MR) is 123 cm³/mol. The molecule has 1 aromatic carbocycles. The number of guanidine groups is 1. The summed E-state index contributed by atoms with van der Waals surface area (Å²) in [7, 11) is -3.63. The number of pyridine rings is 1. The molecule has 178 valence electrons. The highest BCUT2D eigenvalue weighted by atomic mass is 32.2. The average Bonchev–Trinajstić information content (AvgIpc) is 2.79. The van der Waals surface area contributed by atoms with Crippen LogP contribution in [-0.4, -0.2) is 48.9 Å². The van der Waals surface area contributed by atoms with Gasteiger partial charge in [-0.25, -0.2) is 13.1 Å². The lowest BCUT2D eigenvalue weighted by Crippen LogP contribution is -2.43. The van der Waals surface area contributed by atoms with E-state index in [9.17, 15) is 18.0 Å². The second-order valence-electron chi connectivity index (χ2n) is 7.73. The molecule has 0 atom stereocenters. The van der Waals surface area contributed by atoms with Gasteiger partial charge in [0.2, 0.25) is 21.9 Å². The van der Waals surface area contributed by atoms with Crippen molar-refractivity contribution in [2.45, 2.75) is 37.8 Å². The summed E-state index contributed by atoms with van der Waals surface area (Å²) < 4.78 is 28.4. The van der Waals surface area contributed by atoms with E-state index in [1.54, 1.807) is 47.4 Å². The monoisotopic (exact) mass is 476 g/mol. The zero-order chi connectivity index (χ0) is 23.8. The summed E-state index contributed by atoms with van der Waals surface area (Å²) in [5, 5.41) is 3.54. The van der Waals surface area contributed by atoms with Gasteiger partial charge in [0.1, 0.15) is 12.6 Å². The van der Waals surface area contributed by atoms with Crippen molar-refractivity contribution in [1.29, 1.82) is 0 Å². The largest absolute Gasteiger partial charge is 0.389 e. The number of likely N-dealkylation sites (tertiary alicyclic amines) is 1. The van der Waals surface area contributed by atoms with Crippen LogP contribution in [-0.2, 0) is 38.5 Å². The summed E-state index contributed by atoms with van der Waals surface area (Å²) in [5.74, 6) is -0.551. The van der Waals surface area contributed by atoms with Gasteiger partial charge in [-0.3, -0.25) is 9.59 Å². The zero-order valence-electron chi connectivity index (χ0n) is 18.1. The first-order valence-corrected chi connectivity index (χ1v) is 12.1. The molecule has 33 heavy (non-hydrogen) atoms. The molecule has 3 rings (SSSR count). The Morgan fingerprint density at radius 2 is 1.82 bits per heavy atom. The van der Waals surface area contributed by atoms with Crippen LogP contribution in [0.5, 0.6) is 0 Å². The quantitative estimate of drug-likeness (QED) is 0.253. The molecule has 1 aliphatic heterocycles. The molecule has 1 amide bonds. The first-order chi connectivity index (χ1) is 15.7. The number of hydrogen-bond donors (Lipinski definition) is 3. The fourth-order valence-electron chi connectivity index (χ4n) is 3.47. The standard InChI is InChI=1S/C21H28N6O5S/c22-21(23)25-32-18-8-11-26(12-9-18)19(28)14-27-10-4-7-17(20(27)29)13-24-33(30,31)15-16-5-2-1-3-6-16/h1-7,10,18,24H,8-9,11-15H2,(H4,22,23,25). The Kier molecular flexibility index (Phi) is 8.06. The summed E-state index contributed by atoms with van der Waals surface area (Å²) in [6, 6.07) is 11.9. The van der Waals surface area contributed by atoms with Crippen LogP contribution in [0.15, 0.2) is 58.6 Å². The van der Waals surface area contributed by atoms with Crippen molar-refractivity contribution in [3.63, 3.8) is 0 Å². The van der Waals surface area contributed by atoms with Gasteiger partial charge >= 0.3 is 0 Å². The highest BCUT2D eigenvalue weighted by molar-refractivity contribution is 7.88. The Labute approximate surface area is 192 Å². The lowest BCUT2D eigenvalue weighted by Gasteiger charge is -2.30. The number of rotatable bonds is 9. The Morgan fingerprint density at radius 1 is 1.12 bits per heavy atom. The molecular weight excluding hydrogens is 448 g/mol. The van der Waals surface area contributed by atoms with E-state index in [1.807, 2.05) is 0 Å². The summed E-state index contributed by atoms with van der Waals surface area (Å²) in [6.07, 6.45) is 2.48. The summed E-state index contributed by atoms with van der Waals surface area (Å²) >= 11 is 0. The number of sulfonamides is 1. The van der Waals surface area contributed by atoms with E-state index in [4.69, 9.17) is 16.3 Å². The van der Waals surface area contributed by atoms with Crippen molar-refractivity contribution in [1.82, 2.24) is 14.2 Å². The van der Waals surface area contributed by atoms with Crippen LogP contribution >= 0.6 is 0 Å². The number of nitrogens with zero attached hydrogens (tertiary/aromatic N) is 3. The van der Waals surface area contributed by atoms with Crippen molar-refractivity contribution < 1.29 is 18.0 Å². The number of piperidine rings is 1. The minimum atomic E-state index is -3.63. The van der Waals surface area contributed by atoms with E-state index in [0.29, 0.717) is 31.5 Å². The Bertz CT molecular complexity index is 1140. The van der Waals surface area contributed by atoms with Crippen molar-refractivity contribution in [2.24, 2.45) is 16.6 Å². The van der Waals surface area contributed by atoms with E-state index in [-0.39, 0.29) is 42.4 Å². The van der Waals surface area contributed by atoms with Crippen LogP contribution in [0.2, 0.25) is 0 Å². The fourth-order valence-corrected chi connectivity index (χ4v) is 4.58. The minimum absolute atomic E-state index is 0.136. The first kappa shape index (κ1) is 24.3. The topological polar surface area (TPSA) is 162 Å². The number of oxime groups is 1. The van der Waals surface area contributed by atoms with Gasteiger partial charge in [-0.2, -0.15) is 0 Å². The molecule has 1 fully saturated rings. The van der Waals surface area contributed by atoms with Gasteiger partial charge in [-0.1, -0.05) is 36.4 Å². The van der Waals surface area contributed by atoms with Crippen molar-refractivity contribution >= 4 is 21.9 Å². The molecule has 1 aromatic heterocycles. The molecule has 2 aromatic rings. The van der Waals surface area contributed by atoms with Crippen molar-refractivity contribution in [3.05, 3.63) is 70.1 Å². The van der Waals surface area contributed by atoms with Crippen LogP contribution in [0.1, 0.15) is 24.0 Å². The molecule has 11 nitrogen and oxygen atoms in total. The number of nitrogens with one attached hydrogen (secondary N) is 1. The van der Waals surface area contributed by atoms with Gasteiger partial charge in [0.05, 0.1) is 5.75 Å². The fraction of sp³-hybridized carbons (Fsp3) is 0.381. The molecule has 1 aliphatic rings. The smallest absolute Gasteiger partial charge is 0.255 e. The van der Waals surface area contributed by atoms with Crippen molar-refractivity contribution in [3.8, 4) is 0 Å². The van der Waals surface area contributed by atoms with Crippen molar-refractivity contribution in [2.75, 3.05) is 13.1 Å². The molecule has 0 radical (unpaired) electrons. The number of hydrogen-bond acceptors (Lipinski definition) is 6. The molecular formula is C21H28N6O5S. The van der Waals surface area contributed by atoms with E-state index in [1.165, 1.54) is 10.8 Å². The zero-order valence-corrected chi connectivity index (χ0v) is 18.9. The van der Waals surface area contributed by atoms with Gasteiger partial charge < -0.3 is 25.8 Å². The number of aromatic nitrogens is 1. The van der Waals surface area contributed by atoms with Gasteiger partial charge in [0.25, 0.3) is 5.56 Å². The SMILES string of the molecule is NC(N)=NOC1CCN(C(=O)Cn2cccc(CNS(=O)(=O)Cc3ccccc3)c2=O)CC1. The number of carbonyl (C=O) groups is 1. The normalized spacial score (nSPS) is 14.6. The third kappa shape index (κ3) is 7.32. The molecule has 0 bridgehead atoms. The van der Waals surface area contributed by atoms with E-state index >= 15 is 0 Å². The van der Waals surface area contributed by atoms with Gasteiger partial charge in [-0.05, 0) is 16.8 Å². The van der Waals surface area contributed by atoms with Crippen LogP contribution in [0.4, 0.5) is 0 Å². The minimum Gasteiger partial charge on any atom is -0.389 e. The Morgan fingerprint density at radius 3 is 2.48 bits per heavy atom. The first-order valence-electron chi connectivity index (χ1n) is 10.5. The van der Waals surface area contributed by atoms with Gasteiger partial charge in [0, 0.05) is 44.2 Å². The Hall–Kier alpha value is -3.38. The third-order valence-electron chi connectivity index (χ3n) is 5.19. The lowest BCUT2D eigenvalue weighted by atomic mass is 10.1. The van der Waals surface area contributed by atoms with Crippen LogP contribution in [0, 0.1) is 0 Å². The maximum atomic E-state index is 12.8. The molecule has 12 heteroatoms. The second kappa shape index (κ2) is 11.0. The van der Waals surface area contributed by atoms with Crippen LogP contribution < -0.4 is 21.7 Å². The van der Waals surface area contributed by atoms with Crippen LogP contribution in [0.3, 0.4) is 0 Å². The number of carbonyl (C=O) groups excluding carboxylic acids is 1. The molecule has 2 heterocycles. The van der Waals surface area contributed by atoms with E-state index in [2.05, 4.69) is 9.88 Å². The molecule has 1 saturated heterocycles. The van der Waals surface area contributed by atoms with E-state index < -0.39 is 15.6 Å². The van der Waals surface area contributed by atoms with Gasteiger partial charge in [-0.15, -0.1) is 0 Å². The molecule has 0 aliphatic carbocycles. The number of amides is 1. The second-order valence-corrected chi connectivity index (χ2v) is 9.54. The lowest BCUT2D eigenvalue weighted by molar-refractivity contribution is -0.134.